The van der Waals surface area contributed by atoms with Crippen molar-refractivity contribution >= 4 is 5.78 Å². The first-order valence-electron chi connectivity index (χ1n) is 8.92. The first kappa shape index (κ1) is 16.0. The van der Waals surface area contributed by atoms with Crippen molar-refractivity contribution < 1.29 is 19.0 Å². The van der Waals surface area contributed by atoms with Crippen LogP contribution in [-0.4, -0.2) is 31.4 Å². The molecule has 0 aromatic heterocycles. The Balaban J connectivity index is 1.26. The maximum atomic E-state index is 12.4. The van der Waals surface area contributed by atoms with E-state index in [2.05, 4.69) is 18.2 Å². The smallest absolute Gasteiger partial charge is 0.176 e. The van der Waals surface area contributed by atoms with Gasteiger partial charge in [-0.3, -0.25) is 4.79 Å². The molecule has 2 saturated carbocycles. The molecule has 0 N–H and O–H groups in total. The van der Waals surface area contributed by atoms with Crippen LogP contribution in [0.5, 0.6) is 0 Å². The zero-order valence-electron chi connectivity index (χ0n) is 13.9. The average Bonchev–Trinajstić information content (AvgIpc) is 3.29. The second-order valence-electron chi connectivity index (χ2n) is 6.90. The minimum Gasteiger partial charge on any atom is -0.377 e. The van der Waals surface area contributed by atoms with Crippen molar-refractivity contribution in [1.29, 1.82) is 0 Å². The molecule has 2 atom stereocenters. The van der Waals surface area contributed by atoms with Crippen LogP contribution in [0.25, 0.3) is 0 Å². The molecule has 1 aromatic carbocycles. The molecule has 2 bridgehead atoms. The highest BCUT2D eigenvalue weighted by Crippen LogP contribution is 2.55. The van der Waals surface area contributed by atoms with Crippen molar-refractivity contribution in [2.75, 3.05) is 19.8 Å². The number of Topliss-reactive ketones (excluding diaryl/α,β-unsaturated/α-hetero) is 1. The lowest BCUT2D eigenvalue weighted by molar-refractivity contribution is -0.181. The van der Waals surface area contributed by atoms with Crippen LogP contribution >= 0.6 is 0 Å². The molecule has 1 heterocycles. The number of unbranched alkanes of at least 4 members (excludes halogenated alkanes) is 1. The van der Waals surface area contributed by atoms with Crippen LogP contribution < -0.4 is 0 Å². The van der Waals surface area contributed by atoms with Gasteiger partial charge in [-0.25, -0.2) is 0 Å². The molecule has 24 heavy (non-hydrogen) atoms. The normalized spacial score (nSPS) is 29.2. The summed E-state index contributed by atoms with van der Waals surface area (Å²) in [6, 6.07) is 10.2. The Morgan fingerprint density at radius 3 is 2.75 bits per heavy atom. The lowest BCUT2D eigenvalue weighted by atomic mass is 9.87. The van der Waals surface area contributed by atoms with E-state index in [0.29, 0.717) is 32.2 Å². The van der Waals surface area contributed by atoms with Gasteiger partial charge in [0.1, 0.15) is 0 Å². The Hall–Kier alpha value is -1.49. The van der Waals surface area contributed by atoms with Gasteiger partial charge in [-0.05, 0) is 30.4 Å². The Morgan fingerprint density at radius 2 is 2.00 bits per heavy atom. The lowest BCUT2D eigenvalue weighted by Crippen LogP contribution is -2.40. The summed E-state index contributed by atoms with van der Waals surface area (Å²) < 4.78 is 17.4. The number of allylic oxidation sites excluding steroid dienone is 1. The first-order chi connectivity index (χ1) is 11.8. The topological polar surface area (TPSA) is 44.8 Å². The fraction of sp³-hybridized carbons (Fsp3) is 0.550. The zero-order valence-corrected chi connectivity index (χ0v) is 13.9. The summed E-state index contributed by atoms with van der Waals surface area (Å²) in [5.41, 5.74) is 2.13. The number of ether oxygens (including phenoxy) is 3. The highest BCUT2D eigenvalue weighted by atomic mass is 16.7. The molecule has 2 aliphatic carbocycles. The quantitative estimate of drug-likeness (QED) is 0.594. The van der Waals surface area contributed by atoms with Crippen molar-refractivity contribution in [2.24, 2.45) is 11.8 Å². The van der Waals surface area contributed by atoms with Gasteiger partial charge in [-0.2, -0.15) is 0 Å². The van der Waals surface area contributed by atoms with E-state index in [1.54, 1.807) is 0 Å². The molecule has 3 aliphatic rings. The predicted molar refractivity (Wildman–Crippen MR) is 89.3 cm³/mol. The van der Waals surface area contributed by atoms with Gasteiger partial charge in [0.25, 0.3) is 0 Å². The Bertz CT molecular complexity index is 616. The third-order valence-corrected chi connectivity index (χ3v) is 5.36. The standard InChI is InChI=1S/C20H24O4/c21-19-16-12-18(20(13-16)23-10-11-24-20)17(19)8-4-5-9-22-14-15-6-2-1-3-7-15/h1-3,6-8,16,18H,4-5,9-14H2/b17-8-/t16-,18-/m0/s1. The number of hydrogen-bond acceptors (Lipinski definition) is 4. The summed E-state index contributed by atoms with van der Waals surface area (Å²) in [5, 5.41) is 0. The highest BCUT2D eigenvalue weighted by Gasteiger charge is 2.60. The molecular weight excluding hydrogens is 304 g/mol. The maximum Gasteiger partial charge on any atom is 0.176 e. The van der Waals surface area contributed by atoms with E-state index >= 15 is 0 Å². The number of carbonyl (C=O) groups excluding carboxylic acids is 1. The maximum absolute atomic E-state index is 12.4. The van der Waals surface area contributed by atoms with Gasteiger partial charge < -0.3 is 14.2 Å². The summed E-state index contributed by atoms with van der Waals surface area (Å²) in [6.07, 6.45) is 5.54. The van der Waals surface area contributed by atoms with Gasteiger partial charge in [-0.15, -0.1) is 0 Å². The number of fused-ring (bicyclic) bond motifs is 3. The van der Waals surface area contributed by atoms with Gasteiger partial charge >= 0.3 is 0 Å². The number of hydrogen-bond donors (Lipinski definition) is 0. The molecule has 1 spiro atoms. The molecule has 1 saturated heterocycles. The molecule has 4 nitrogen and oxygen atoms in total. The highest BCUT2D eigenvalue weighted by molar-refractivity contribution is 6.01. The number of benzene rings is 1. The third-order valence-electron chi connectivity index (χ3n) is 5.36. The lowest BCUT2D eigenvalue weighted by Gasteiger charge is -2.32. The average molecular weight is 328 g/mol. The van der Waals surface area contributed by atoms with E-state index in [4.69, 9.17) is 14.2 Å². The largest absolute Gasteiger partial charge is 0.377 e. The van der Waals surface area contributed by atoms with Crippen molar-refractivity contribution in [2.45, 2.75) is 38.1 Å². The fourth-order valence-corrected chi connectivity index (χ4v) is 4.24. The SMILES string of the molecule is O=C1/C(=C\CCCOCc2ccccc2)[C@@H]2C[C@H]1CC21OCCO1. The minimum absolute atomic E-state index is 0.105. The summed E-state index contributed by atoms with van der Waals surface area (Å²) in [4.78, 5) is 12.4. The second-order valence-corrected chi connectivity index (χ2v) is 6.90. The van der Waals surface area contributed by atoms with Crippen molar-refractivity contribution in [3.63, 3.8) is 0 Å². The molecule has 4 heteroatoms. The Labute approximate surface area is 142 Å². The van der Waals surface area contributed by atoms with Gasteiger partial charge in [0.15, 0.2) is 11.6 Å². The summed E-state index contributed by atoms with van der Waals surface area (Å²) in [6.45, 7) is 2.65. The predicted octanol–water partition coefficient (Wildman–Crippen LogP) is 3.26. The minimum atomic E-state index is -0.492. The molecule has 1 aliphatic heterocycles. The van der Waals surface area contributed by atoms with E-state index in [0.717, 1.165) is 31.3 Å². The van der Waals surface area contributed by atoms with Crippen LogP contribution in [-0.2, 0) is 25.6 Å². The molecule has 0 amide bonds. The Morgan fingerprint density at radius 1 is 1.21 bits per heavy atom. The summed E-state index contributed by atoms with van der Waals surface area (Å²) >= 11 is 0. The van der Waals surface area contributed by atoms with E-state index in [1.165, 1.54) is 5.56 Å². The van der Waals surface area contributed by atoms with Crippen LogP contribution in [0.2, 0.25) is 0 Å². The van der Waals surface area contributed by atoms with Gasteiger partial charge in [0.2, 0.25) is 0 Å². The first-order valence-corrected chi connectivity index (χ1v) is 8.92. The molecule has 4 rings (SSSR count). The van der Waals surface area contributed by atoms with E-state index < -0.39 is 5.79 Å². The van der Waals surface area contributed by atoms with Crippen LogP contribution in [0.1, 0.15) is 31.2 Å². The molecule has 0 unspecified atom stereocenters. The van der Waals surface area contributed by atoms with Crippen LogP contribution in [0.4, 0.5) is 0 Å². The number of ketones is 1. The molecular formula is C20H24O4. The number of carbonyl (C=O) groups is 1. The summed E-state index contributed by atoms with van der Waals surface area (Å²) in [7, 11) is 0. The molecule has 1 aromatic rings. The van der Waals surface area contributed by atoms with Gasteiger partial charge in [0.05, 0.1) is 19.8 Å². The van der Waals surface area contributed by atoms with Gasteiger partial charge in [-0.1, -0.05) is 36.4 Å². The zero-order chi connectivity index (χ0) is 16.4. The summed E-state index contributed by atoms with van der Waals surface area (Å²) in [5.74, 6) is 0.0696. The van der Waals surface area contributed by atoms with Gasteiger partial charge in [0, 0.05) is 24.9 Å². The van der Waals surface area contributed by atoms with Crippen molar-refractivity contribution in [1.82, 2.24) is 0 Å². The van der Waals surface area contributed by atoms with Crippen LogP contribution in [0.3, 0.4) is 0 Å². The second kappa shape index (κ2) is 6.79. The van der Waals surface area contributed by atoms with Crippen molar-refractivity contribution in [3.8, 4) is 0 Å². The number of rotatable bonds is 6. The molecule has 0 radical (unpaired) electrons. The van der Waals surface area contributed by atoms with Crippen LogP contribution in [0, 0.1) is 11.8 Å². The monoisotopic (exact) mass is 328 g/mol. The van der Waals surface area contributed by atoms with E-state index in [1.807, 2.05) is 18.2 Å². The van der Waals surface area contributed by atoms with Crippen LogP contribution in [0.15, 0.2) is 42.0 Å². The van der Waals surface area contributed by atoms with Crippen molar-refractivity contribution in [3.05, 3.63) is 47.5 Å². The Kier molecular flexibility index (Phi) is 4.53. The molecule has 3 fully saturated rings. The third kappa shape index (κ3) is 2.94. The van der Waals surface area contributed by atoms with E-state index in [-0.39, 0.29) is 11.8 Å². The van der Waals surface area contributed by atoms with E-state index in [9.17, 15) is 4.79 Å². The fourth-order valence-electron chi connectivity index (χ4n) is 4.24. The molecule has 128 valence electrons.